The van der Waals surface area contributed by atoms with Crippen molar-refractivity contribution in [3.05, 3.63) is 48.0 Å². The van der Waals surface area contributed by atoms with Crippen LogP contribution in [0.5, 0.6) is 11.5 Å². The SMILES string of the molecule is COC(=O)c1cc(-c2cccc(OC(F)(F)F)c2)ccc1O. The predicted molar refractivity (Wildman–Crippen MR) is 71.6 cm³/mol. The largest absolute Gasteiger partial charge is 0.573 e. The molecule has 1 N–H and O–H groups in total. The maximum absolute atomic E-state index is 12.2. The van der Waals surface area contributed by atoms with E-state index in [1.165, 1.54) is 36.4 Å². The molecule has 0 aliphatic carbocycles. The zero-order valence-corrected chi connectivity index (χ0v) is 11.3. The highest BCUT2D eigenvalue weighted by atomic mass is 19.4. The molecule has 0 bridgehead atoms. The van der Waals surface area contributed by atoms with E-state index in [2.05, 4.69) is 9.47 Å². The molecule has 0 aliphatic heterocycles. The van der Waals surface area contributed by atoms with Crippen molar-refractivity contribution in [3.63, 3.8) is 0 Å². The van der Waals surface area contributed by atoms with Crippen LogP contribution in [0.25, 0.3) is 11.1 Å². The van der Waals surface area contributed by atoms with Crippen molar-refractivity contribution in [2.45, 2.75) is 6.36 Å². The first-order chi connectivity index (χ1) is 10.3. The highest BCUT2D eigenvalue weighted by Crippen LogP contribution is 2.30. The average Bonchev–Trinajstić information content (AvgIpc) is 2.45. The van der Waals surface area contributed by atoms with E-state index in [0.717, 1.165) is 7.11 Å². The number of alkyl halides is 3. The van der Waals surface area contributed by atoms with Crippen LogP contribution in [0, 0.1) is 0 Å². The molecule has 2 aromatic rings. The van der Waals surface area contributed by atoms with Gasteiger partial charge in [0.05, 0.1) is 7.11 Å². The summed E-state index contributed by atoms with van der Waals surface area (Å²) in [4.78, 5) is 11.5. The van der Waals surface area contributed by atoms with Gasteiger partial charge in [0, 0.05) is 0 Å². The molecule has 0 unspecified atom stereocenters. The van der Waals surface area contributed by atoms with Crippen LogP contribution in [0.4, 0.5) is 13.2 Å². The summed E-state index contributed by atoms with van der Waals surface area (Å²) in [5.41, 5.74) is 0.750. The summed E-state index contributed by atoms with van der Waals surface area (Å²) in [5.74, 6) is -1.40. The molecule has 0 radical (unpaired) electrons. The number of ether oxygens (including phenoxy) is 2. The molecule has 2 aromatic carbocycles. The number of rotatable bonds is 3. The van der Waals surface area contributed by atoms with Crippen molar-refractivity contribution in [1.82, 2.24) is 0 Å². The first kappa shape index (κ1) is 15.7. The number of phenolic OH excluding ortho intramolecular Hbond substituents is 1. The summed E-state index contributed by atoms with van der Waals surface area (Å²) in [6, 6.07) is 9.35. The molecule has 0 saturated heterocycles. The number of halogens is 3. The molecule has 0 heterocycles. The third-order valence-electron chi connectivity index (χ3n) is 2.80. The number of hydrogen-bond donors (Lipinski definition) is 1. The van der Waals surface area contributed by atoms with Gasteiger partial charge in [-0.05, 0) is 35.4 Å². The summed E-state index contributed by atoms with van der Waals surface area (Å²) in [6.45, 7) is 0. The molecule has 0 fully saturated rings. The van der Waals surface area contributed by atoms with Gasteiger partial charge in [0.25, 0.3) is 0 Å². The Labute approximate surface area is 123 Å². The van der Waals surface area contributed by atoms with E-state index in [0.29, 0.717) is 11.1 Å². The van der Waals surface area contributed by atoms with Gasteiger partial charge in [-0.1, -0.05) is 18.2 Å². The smallest absolute Gasteiger partial charge is 0.507 e. The van der Waals surface area contributed by atoms with Crippen LogP contribution in [-0.4, -0.2) is 24.5 Å². The molecular formula is C15H11F3O4. The fraction of sp³-hybridized carbons (Fsp3) is 0.133. The highest BCUT2D eigenvalue weighted by molar-refractivity contribution is 5.94. The number of methoxy groups -OCH3 is 1. The van der Waals surface area contributed by atoms with Crippen LogP contribution in [0.3, 0.4) is 0 Å². The standard InChI is InChI=1S/C15H11F3O4/c1-21-14(20)12-8-10(5-6-13(12)19)9-3-2-4-11(7-9)22-15(16,17)18/h2-8,19H,1H3. The van der Waals surface area contributed by atoms with E-state index >= 15 is 0 Å². The molecule has 0 aliphatic rings. The predicted octanol–water partition coefficient (Wildman–Crippen LogP) is 3.74. The van der Waals surface area contributed by atoms with Crippen molar-refractivity contribution in [1.29, 1.82) is 0 Å². The van der Waals surface area contributed by atoms with E-state index in [-0.39, 0.29) is 17.1 Å². The van der Waals surface area contributed by atoms with Gasteiger partial charge in [-0.25, -0.2) is 4.79 Å². The Bertz CT molecular complexity index is 695. The first-order valence-corrected chi connectivity index (χ1v) is 6.07. The summed E-state index contributed by atoms with van der Waals surface area (Å²) in [7, 11) is 1.16. The molecule has 22 heavy (non-hydrogen) atoms. The van der Waals surface area contributed by atoms with E-state index in [1.807, 2.05) is 0 Å². The Morgan fingerprint density at radius 2 is 1.77 bits per heavy atom. The lowest BCUT2D eigenvalue weighted by Crippen LogP contribution is -2.17. The lowest BCUT2D eigenvalue weighted by Gasteiger charge is -2.11. The van der Waals surface area contributed by atoms with Crippen molar-refractivity contribution in [2.24, 2.45) is 0 Å². The monoisotopic (exact) mass is 312 g/mol. The molecule has 0 saturated carbocycles. The van der Waals surface area contributed by atoms with Gasteiger partial charge >= 0.3 is 12.3 Å². The summed E-state index contributed by atoms with van der Waals surface area (Å²) < 4.78 is 45.1. The zero-order valence-electron chi connectivity index (χ0n) is 11.3. The highest BCUT2D eigenvalue weighted by Gasteiger charge is 2.31. The van der Waals surface area contributed by atoms with Gasteiger partial charge < -0.3 is 14.6 Å². The minimum Gasteiger partial charge on any atom is -0.507 e. The molecule has 7 heteroatoms. The van der Waals surface area contributed by atoms with Crippen LogP contribution in [0.1, 0.15) is 10.4 Å². The Balaban J connectivity index is 2.40. The summed E-state index contributed by atoms with van der Waals surface area (Å²) in [6.07, 6.45) is -4.79. The Kier molecular flexibility index (Phi) is 4.25. The lowest BCUT2D eigenvalue weighted by atomic mass is 10.0. The number of esters is 1. The third kappa shape index (κ3) is 3.69. The molecule has 0 atom stereocenters. The van der Waals surface area contributed by atoms with Crippen molar-refractivity contribution in [2.75, 3.05) is 7.11 Å². The van der Waals surface area contributed by atoms with E-state index in [9.17, 15) is 23.1 Å². The fourth-order valence-electron chi connectivity index (χ4n) is 1.86. The van der Waals surface area contributed by atoms with Gasteiger partial charge in [0.2, 0.25) is 0 Å². The second kappa shape index (κ2) is 5.97. The second-order valence-electron chi connectivity index (χ2n) is 4.30. The van der Waals surface area contributed by atoms with Gasteiger partial charge in [0.15, 0.2) is 0 Å². The van der Waals surface area contributed by atoms with E-state index in [4.69, 9.17) is 0 Å². The number of carbonyl (C=O) groups is 1. The summed E-state index contributed by atoms with van der Waals surface area (Å²) >= 11 is 0. The van der Waals surface area contributed by atoms with Crippen LogP contribution in [0.15, 0.2) is 42.5 Å². The minimum absolute atomic E-state index is 0.0813. The molecule has 0 spiro atoms. The topological polar surface area (TPSA) is 55.8 Å². The molecule has 4 nitrogen and oxygen atoms in total. The number of hydrogen-bond acceptors (Lipinski definition) is 4. The zero-order chi connectivity index (χ0) is 16.3. The maximum Gasteiger partial charge on any atom is 0.573 e. The van der Waals surface area contributed by atoms with Gasteiger partial charge in [0.1, 0.15) is 17.1 Å². The van der Waals surface area contributed by atoms with Crippen molar-refractivity contribution >= 4 is 5.97 Å². The minimum atomic E-state index is -4.79. The third-order valence-corrected chi connectivity index (χ3v) is 2.80. The van der Waals surface area contributed by atoms with Crippen LogP contribution in [0.2, 0.25) is 0 Å². The Hall–Kier alpha value is -2.70. The number of benzene rings is 2. The molecule has 2 rings (SSSR count). The van der Waals surface area contributed by atoms with Gasteiger partial charge in [-0.15, -0.1) is 13.2 Å². The van der Waals surface area contributed by atoms with Gasteiger partial charge in [-0.2, -0.15) is 0 Å². The average molecular weight is 312 g/mol. The number of aromatic hydroxyl groups is 1. The molecule has 0 amide bonds. The number of carbonyl (C=O) groups excluding carboxylic acids is 1. The second-order valence-corrected chi connectivity index (χ2v) is 4.30. The van der Waals surface area contributed by atoms with E-state index in [1.54, 1.807) is 6.07 Å². The quantitative estimate of drug-likeness (QED) is 0.877. The van der Waals surface area contributed by atoms with Crippen LogP contribution in [-0.2, 0) is 4.74 Å². The van der Waals surface area contributed by atoms with Crippen LogP contribution < -0.4 is 4.74 Å². The Morgan fingerprint density at radius 1 is 1.09 bits per heavy atom. The summed E-state index contributed by atoms with van der Waals surface area (Å²) in [5, 5.41) is 9.62. The maximum atomic E-state index is 12.2. The van der Waals surface area contributed by atoms with Gasteiger partial charge in [-0.3, -0.25) is 0 Å². The molecule has 116 valence electrons. The first-order valence-electron chi connectivity index (χ1n) is 6.07. The van der Waals surface area contributed by atoms with Crippen molar-refractivity contribution in [3.8, 4) is 22.6 Å². The lowest BCUT2D eigenvalue weighted by molar-refractivity contribution is -0.274. The molecule has 0 aromatic heterocycles. The Morgan fingerprint density at radius 3 is 2.41 bits per heavy atom. The normalized spacial score (nSPS) is 11.1. The number of phenols is 1. The fourth-order valence-corrected chi connectivity index (χ4v) is 1.86. The van der Waals surface area contributed by atoms with E-state index < -0.39 is 12.3 Å². The molecular weight excluding hydrogens is 301 g/mol. The van der Waals surface area contributed by atoms with Crippen LogP contribution >= 0.6 is 0 Å². The van der Waals surface area contributed by atoms with Crippen molar-refractivity contribution < 1.29 is 32.5 Å².